The van der Waals surface area contributed by atoms with E-state index in [1.807, 2.05) is 0 Å². The summed E-state index contributed by atoms with van der Waals surface area (Å²) in [7, 11) is 0.731. The Labute approximate surface area is 89.0 Å². The summed E-state index contributed by atoms with van der Waals surface area (Å²) in [4.78, 5) is 8.78. The zero-order chi connectivity index (χ0) is 11.8. The fourth-order valence-corrected chi connectivity index (χ4v) is 2.45. The Bertz CT molecular complexity index is 505. The molecule has 15 heavy (non-hydrogen) atoms. The molecule has 0 heterocycles. The lowest BCUT2D eigenvalue weighted by molar-refractivity contribution is -0.385. The molecular weight excluding hydrogens is 249 g/mol. The second kappa shape index (κ2) is 3.74. The number of benzene rings is 1. The fourth-order valence-electron chi connectivity index (χ4n) is 1.13. The van der Waals surface area contributed by atoms with Crippen molar-refractivity contribution in [1.29, 1.82) is 0 Å². The smallest absolute Gasteiger partial charge is 0.258 e. The highest BCUT2D eigenvalue weighted by molar-refractivity contribution is 8.13. The van der Waals surface area contributed by atoms with E-state index in [0.29, 0.717) is 6.07 Å². The maximum absolute atomic E-state index is 13.2. The third-order valence-corrected chi connectivity index (χ3v) is 3.14. The minimum atomic E-state index is -4.23. The number of non-ortho nitro benzene ring substituents is 1. The van der Waals surface area contributed by atoms with Crippen molar-refractivity contribution < 1.29 is 17.7 Å². The van der Waals surface area contributed by atoms with E-state index in [-0.39, 0.29) is 5.56 Å². The van der Waals surface area contributed by atoms with Crippen LogP contribution in [0.25, 0.3) is 0 Å². The van der Waals surface area contributed by atoms with E-state index in [1.165, 1.54) is 6.92 Å². The summed E-state index contributed by atoms with van der Waals surface area (Å²) in [6.45, 7) is 1.23. The largest absolute Gasteiger partial charge is 0.272 e. The highest BCUT2D eigenvalue weighted by Gasteiger charge is 2.22. The molecule has 1 aromatic rings. The van der Waals surface area contributed by atoms with Gasteiger partial charge in [-0.25, -0.2) is 12.8 Å². The van der Waals surface area contributed by atoms with E-state index in [1.54, 1.807) is 0 Å². The van der Waals surface area contributed by atoms with Gasteiger partial charge in [0.2, 0.25) is 0 Å². The van der Waals surface area contributed by atoms with Crippen LogP contribution in [0.2, 0.25) is 0 Å². The molecule has 0 atom stereocenters. The Hall–Kier alpha value is -1.21. The van der Waals surface area contributed by atoms with Crippen molar-refractivity contribution in [3.63, 3.8) is 0 Å². The predicted octanol–water partition coefficient (Wildman–Crippen LogP) is 1.97. The number of hydrogen-bond donors (Lipinski definition) is 0. The van der Waals surface area contributed by atoms with Crippen LogP contribution in [0.15, 0.2) is 17.0 Å². The maximum Gasteiger partial charge on any atom is 0.272 e. The molecule has 8 heteroatoms. The van der Waals surface area contributed by atoms with Crippen molar-refractivity contribution in [3.05, 3.63) is 33.6 Å². The number of aryl methyl sites for hydroxylation is 1. The lowest BCUT2D eigenvalue weighted by Gasteiger charge is -2.02. The molecule has 82 valence electrons. The van der Waals surface area contributed by atoms with Crippen LogP contribution < -0.4 is 0 Å². The van der Waals surface area contributed by atoms with E-state index in [4.69, 9.17) is 10.7 Å². The van der Waals surface area contributed by atoms with Crippen LogP contribution in [0.5, 0.6) is 0 Å². The molecule has 0 saturated heterocycles. The second-order valence-electron chi connectivity index (χ2n) is 2.77. The Morgan fingerprint density at radius 1 is 1.47 bits per heavy atom. The van der Waals surface area contributed by atoms with Gasteiger partial charge in [-0.3, -0.25) is 10.1 Å². The molecule has 0 aliphatic rings. The quantitative estimate of drug-likeness (QED) is 0.459. The van der Waals surface area contributed by atoms with Crippen LogP contribution in [-0.2, 0) is 9.05 Å². The average molecular weight is 254 g/mol. The van der Waals surface area contributed by atoms with Crippen molar-refractivity contribution >= 4 is 25.4 Å². The van der Waals surface area contributed by atoms with Crippen molar-refractivity contribution in [2.45, 2.75) is 11.8 Å². The van der Waals surface area contributed by atoms with E-state index >= 15 is 0 Å². The minimum Gasteiger partial charge on any atom is -0.258 e. The van der Waals surface area contributed by atoms with Gasteiger partial charge in [0.15, 0.2) is 0 Å². The minimum absolute atomic E-state index is 0.100. The van der Waals surface area contributed by atoms with Gasteiger partial charge in [-0.2, -0.15) is 0 Å². The van der Waals surface area contributed by atoms with E-state index in [2.05, 4.69) is 0 Å². The van der Waals surface area contributed by atoms with Crippen molar-refractivity contribution in [1.82, 2.24) is 0 Å². The molecule has 0 unspecified atom stereocenters. The number of rotatable bonds is 2. The molecule has 0 saturated carbocycles. The van der Waals surface area contributed by atoms with E-state index in [9.17, 15) is 22.9 Å². The second-order valence-corrected chi connectivity index (χ2v) is 5.27. The normalized spacial score (nSPS) is 11.4. The highest BCUT2D eigenvalue weighted by Crippen LogP contribution is 2.27. The van der Waals surface area contributed by atoms with Crippen LogP contribution >= 0.6 is 10.7 Å². The molecule has 0 amide bonds. The third-order valence-electron chi connectivity index (χ3n) is 1.67. The summed E-state index contributed by atoms with van der Waals surface area (Å²) in [5.41, 5.74) is -0.620. The zero-order valence-electron chi connectivity index (χ0n) is 7.40. The van der Waals surface area contributed by atoms with Gasteiger partial charge in [0.25, 0.3) is 14.7 Å². The molecule has 0 spiro atoms. The van der Waals surface area contributed by atoms with Gasteiger partial charge in [-0.15, -0.1) is 0 Å². The molecule has 0 bridgehead atoms. The fraction of sp³-hybridized carbons (Fsp3) is 0.143. The Morgan fingerprint density at radius 3 is 2.33 bits per heavy atom. The molecule has 1 aromatic carbocycles. The van der Waals surface area contributed by atoms with E-state index < -0.39 is 30.4 Å². The van der Waals surface area contributed by atoms with Crippen LogP contribution in [0.3, 0.4) is 0 Å². The molecule has 0 N–H and O–H groups in total. The summed E-state index contributed by atoms with van der Waals surface area (Å²) < 4.78 is 35.0. The number of nitrogens with zero attached hydrogens (tertiary/aromatic N) is 1. The van der Waals surface area contributed by atoms with Crippen molar-refractivity contribution in [2.75, 3.05) is 0 Å². The summed E-state index contributed by atoms with van der Waals surface area (Å²) in [5.74, 6) is -1.23. The van der Waals surface area contributed by atoms with Gasteiger partial charge in [0, 0.05) is 16.7 Å². The zero-order valence-corrected chi connectivity index (χ0v) is 8.97. The lowest BCUT2D eigenvalue weighted by atomic mass is 10.2. The number of halogens is 2. The first kappa shape index (κ1) is 11.9. The van der Waals surface area contributed by atoms with Crippen molar-refractivity contribution in [2.24, 2.45) is 0 Å². The topological polar surface area (TPSA) is 77.3 Å². The third kappa shape index (κ3) is 2.42. The highest BCUT2D eigenvalue weighted by atomic mass is 35.7. The monoisotopic (exact) mass is 253 g/mol. The van der Waals surface area contributed by atoms with Crippen LogP contribution in [0.1, 0.15) is 5.56 Å². The van der Waals surface area contributed by atoms with Gasteiger partial charge in [-0.05, 0) is 12.5 Å². The number of hydrogen-bond acceptors (Lipinski definition) is 4. The summed E-state index contributed by atoms with van der Waals surface area (Å²) in [5, 5.41) is 10.3. The van der Waals surface area contributed by atoms with Crippen LogP contribution in [-0.4, -0.2) is 13.3 Å². The maximum atomic E-state index is 13.2. The first-order valence-electron chi connectivity index (χ1n) is 3.62. The van der Waals surface area contributed by atoms with Gasteiger partial charge in [-0.1, -0.05) is 0 Å². The number of nitro groups is 1. The molecule has 0 fully saturated rings. The van der Waals surface area contributed by atoms with Gasteiger partial charge in [0.1, 0.15) is 10.7 Å². The van der Waals surface area contributed by atoms with Gasteiger partial charge in [0.05, 0.1) is 11.0 Å². The number of nitro benzene ring substituents is 1. The van der Waals surface area contributed by atoms with Gasteiger partial charge < -0.3 is 0 Å². The predicted molar refractivity (Wildman–Crippen MR) is 50.8 cm³/mol. The SMILES string of the molecule is Cc1cc([N+](=O)[O-])cc(F)c1S(=O)(=O)Cl. The molecule has 0 aliphatic heterocycles. The first-order chi connectivity index (χ1) is 6.73. The van der Waals surface area contributed by atoms with E-state index in [0.717, 1.165) is 6.07 Å². The molecule has 0 aromatic heterocycles. The lowest BCUT2D eigenvalue weighted by Crippen LogP contribution is -2.01. The first-order valence-corrected chi connectivity index (χ1v) is 5.93. The molecule has 1 rings (SSSR count). The summed E-state index contributed by atoms with van der Waals surface area (Å²) in [6, 6.07) is 1.46. The molecular formula is C7H5ClFNO4S. The Balaban J connectivity index is 3.55. The standard InChI is InChI=1S/C7H5ClFNO4S/c1-4-2-5(10(11)12)3-6(9)7(4)15(8,13)14/h2-3H,1H3. The Kier molecular flexibility index (Phi) is 2.96. The summed E-state index contributed by atoms with van der Waals surface area (Å²) in [6.07, 6.45) is 0. The molecule has 0 radical (unpaired) electrons. The van der Waals surface area contributed by atoms with Crippen molar-refractivity contribution in [3.8, 4) is 0 Å². The van der Waals surface area contributed by atoms with Crippen LogP contribution in [0, 0.1) is 22.9 Å². The molecule has 5 nitrogen and oxygen atoms in total. The van der Waals surface area contributed by atoms with Crippen LogP contribution in [0.4, 0.5) is 10.1 Å². The summed E-state index contributed by atoms with van der Waals surface area (Å²) >= 11 is 0. The van der Waals surface area contributed by atoms with Gasteiger partial charge >= 0.3 is 0 Å². The Morgan fingerprint density at radius 2 is 2.00 bits per heavy atom. The average Bonchev–Trinajstić information content (AvgIpc) is 1.99. The molecule has 0 aliphatic carbocycles.